The van der Waals surface area contributed by atoms with Crippen LogP contribution in [-0.2, 0) is 11.2 Å². The molecular formula is C28H39N3O2. The summed E-state index contributed by atoms with van der Waals surface area (Å²) >= 11 is 0. The lowest BCUT2D eigenvalue weighted by atomic mass is 9.77. The third-order valence-electron chi connectivity index (χ3n) is 8.14. The number of nitrogen functional groups attached to an aromatic ring is 1. The summed E-state index contributed by atoms with van der Waals surface area (Å²) in [6.45, 7) is 7.50. The van der Waals surface area contributed by atoms with Crippen molar-refractivity contribution < 1.29 is 9.53 Å². The van der Waals surface area contributed by atoms with Crippen LogP contribution in [0.4, 0.5) is 5.95 Å². The number of nitrogens with zero attached hydrogens (tertiary/aromatic N) is 2. The van der Waals surface area contributed by atoms with Gasteiger partial charge in [0.15, 0.2) is 0 Å². The number of nitrogens with two attached hydrogens (primary N) is 1. The Morgan fingerprint density at radius 3 is 2.67 bits per heavy atom. The van der Waals surface area contributed by atoms with Crippen LogP contribution >= 0.6 is 0 Å². The Bertz CT molecular complexity index is 943. The summed E-state index contributed by atoms with van der Waals surface area (Å²) < 4.78 is 6.14. The molecule has 1 aromatic carbocycles. The van der Waals surface area contributed by atoms with Gasteiger partial charge in [-0.3, -0.25) is 4.79 Å². The van der Waals surface area contributed by atoms with Gasteiger partial charge in [-0.05, 0) is 72.6 Å². The van der Waals surface area contributed by atoms with E-state index in [0.717, 1.165) is 35.6 Å². The molecule has 5 heteroatoms. The summed E-state index contributed by atoms with van der Waals surface area (Å²) in [6.07, 6.45) is 12.3. The normalized spacial score (nSPS) is 26.8. The first kappa shape index (κ1) is 23.7. The molecule has 5 nitrogen and oxygen atoms in total. The SMILES string of the molecule is CC1CCCC(C(C)C(=O)CC2CCOc3ccc(-c4cnc(N)nc4)cc3CC2C)CC1. The molecule has 0 amide bonds. The summed E-state index contributed by atoms with van der Waals surface area (Å²) in [5.74, 6) is 4.03. The summed E-state index contributed by atoms with van der Waals surface area (Å²) in [7, 11) is 0. The van der Waals surface area contributed by atoms with E-state index >= 15 is 0 Å². The van der Waals surface area contributed by atoms with Gasteiger partial charge in [0.2, 0.25) is 5.95 Å². The molecule has 2 N–H and O–H groups in total. The van der Waals surface area contributed by atoms with Crippen LogP contribution in [0.5, 0.6) is 5.75 Å². The maximum Gasteiger partial charge on any atom is 0.219 e. The number of fused-ring (bicyclic) bond motifs is 1. The van der Waals surface area contributed by atoms with Crippen LogP contribution in [0, 0.1) is 29.6 Å². The number of aromatic nitrogens is 2. The molecule has 4 rings (SSSR count). The van der Waals surface area contributed by atoms with Gasteiger partial charge in [-0.15, -0.1) is 0 Å². The molecule has 2 heterocycles. The molecule has 0 spiro atoms. The van der Waals surface area contributed by atoms with Crippen molar-refractivity contribution in [2.24, 2.45) is 29.6 Å². The first-order chi connectivity index (χ1) is 15.9. The number of carbonyl (C=O) groups excluding carboxylic acids is 1. The van der Waals surface area contributed by atoms with Crippen molar-refractivity contribution in [3.8, 4) is 16.9 Å². The number of anilines is 1. The lowest BCUT2D eigenvalue weighted by molar-refractivity contribution is -0.125. The molecule has 2 aliphatic rings. The molecule has 1 aliphatic heterocycles. The monoisotopic (exact) mass is 449 g/mol. The Hall–Kier alpha value is -2.43. The topological polar surface area (TPSA) is 78.1 Å². The molecule has 0 saturated heterocycles. The van der Waals surface area contributed by atoms with E-state index in [0.29, 0.717) is 36.6 Å². The average Bonchev–Trinajstić information content (AvgIpc) is 3.02. The van der Waals surface area contributed by atoms with E-state index in [1.807, 2.05) is 6.07 Å². The van der Waals surface area contributed by atoms with Crippen molar-refractivity contribution >= 4 is 11.7 Å². The summed E-state index contributed by atoms with van der Waals surface area (Å²) in [4.78, 5) is 21.5. The van der Waals surface area contributed by atoms with Crippen LogP contribution < -0.4 is 10.5 Å². The van der Waals surface area contributed by atoms with Gasteiger partial charge in [-0.2, -0.15) is 0 Å². The van der Waals surface area contributed by atoms with Crippen molar-refractivity contribution in [3.05, 3.63) is 36.2 Å². The second-order valence-corrected chi connectivity index (χ2v) is 10.6. The molecule has 33 heavy (non-hydrogen) atoms. The molecule has 1 fully saturated rings. The molecule has 0 radical (unpaired) electrons. The number of Topliss-reactive ketones (excluding diaryl/α,β-unsaturated/α-hetero) is 1. The molecule has 1 aliphatic carbocycles. The van der Waals surface area contributed by atoms with Crippen LogP contribution in [0.3, 0.4) is 0 Å². The van der Waals surface area contributed by atoms with Gasteiger partial charge in [0.1, 0.15) is 11.5 Å². The van der Waals surface area contributed by atoms with Crippen molar-refractivity contribution in [2.75, 3.05) is 12.3 Å². The summed E-state index contributed by atoms with van der Waals surface area (Å²) in [6, 6.07) is 6.28. The Morgan fingerprint density at radius 1 is 1.09 bits per heavy atom. The second kappa shape index (κ2) is 10.7. The van der Waals surface area contributed by atoms with Crippen LogP contribution in [0.2, 0.25) is 0 Å². The fourth-order valence-electron chi connectivity index (χ4n) is 5.69. The summed E-state index contributed by atoms with van der Waals surface area (Å²) in [5.41, 5.74) is 8.84. The summed E-state index contributed by atoms with van der Waals surface area (Å²) in [5, 5.41) is 0. The molecule has 0 bridgehead atoms. The number of rotatable bonds is 5. The molecule has 2 aromatic rings. The first-order valence-electron chi connectivity index (χ1n) is 12.8. The highest BCUT2D eigenvalue weighted by Crippen LogP contribution is 2.36. The van der Waals surface area contributed by atoms with Gasteiger partial charge in [-0.1, -0.05) is 46.1 Å². The quantitative estimate of drug-likeness (QED) is 0.557. The lowest BCUT2D eigenvalue weighted by Gasteiger charge is -2.30. The molecular weight excluding hydrogens is 410 g/mol. The minimum absolute atomic E-state index is 0.179. The highest BCUT2D eigenvalue weighted by Gasteiger charge is 2.30. The maximum atomic E-state index is 13.3. The first-order valence-corrected chi connectivity index (χ1v) is 12.8. The predicted octanol–water partition coefficient (Wildman–Crippen LogP) is 6.11. The Morgan fingerprint density at radius 2 is 1.88 bits per heavy atom. The van der Waals surface area contributed by atoms with E-state index in [1.54, 1.807) is 12.4 Å². The van der Waals surface area contributed by atoms with Gasteiger partial charge in [-0.25, -0.2) is 9.97 Å². The fourth-order valence-corrected chi connectivity index (χ4v) is 5.69. The van der Waals surface area contributed by atoms with Crippen molar-refractivity contribution in [2.45, 2.75) is 72.1 Å². The maximum absolute atomic E-state index is 13.3. The molecule has 5 atom stereocenters. The van der Waals surface area contributed by atoms with Crippen molar-refractivity contribution in [3.63, 3.8) is 0 Å². The highest BCUT2D eigenvalue weighted by atomic mass is 16.5. The Kier molecular flexibility index (Phi) is 7.67. The number of hydrogen-bond acceptors (Lipinski definition) is 5. The number of ether oxygens (including phenoxy) is 1. The van der Waals surface area contributed by atoms with E-state index in [1.165, 1.54) is 37.7 Å². The van der Waals surface area contributed by atoms with Gasteiger partial charge < -0.3 is 10.5 Å². The van der Waals surface area contributed by atoms with Gasteiger partial charge in [0.25, 0.3) is 0 Å². The molecule has 178 valence electrons. The molecule has 1 saturated carbocycles. The fraction of sp³-hybridized carbons (Fsp3) is 0.607. The van der Waals surface area contributed by atoms with E-state index in [4.69, 9.17) is 10.5 Å². The number of hydrogen-bond donors (Lipinski definition) is 1. The lowest BCUT2D eigenvalue weighted by Crippen LogP contribution is -2.28. The molecule has 1 aromatic heterocycles. The predicted molar refractivity (Wildman–Crippen MR) is 133 cm³/mol. The minimum atomic E-state index is 0.179. The van der Waals surface area contributed by atoms with E-state index in [9.17, 15) is 4.79 Å². The van der Waals surface area contributed by atoms with E-state index < -0.39 is 0 Å². The third-order valence-corrected chi connectivity index (χ3v) is 8.14. The van der Waals surface area contributed by atoms with Gasteiger partial charge in [0.05, 0.1) is 6.61 Å². The van der Waals surface area contributed by atoms with Crippen LogP contribution in [0.25, 0.3) is 11.1 Å². The second-order valence-electron chi connectivity index (χ2n) is 10.6. The van der Waals surface area contributed by atoms with Crippen molar-refractivity contribution in [1.29, 1.82) is 0 Å². The zero-order chi connectivity index (χ0) is 23.4. The Labute approximate surface area is 198 Å². The van der Waals surface area contributed by atoms with Crippen LogP contribution in [0.1, 0.15) is 71.3 Å². The zero-order valence-corrected chi connectivity index (χ0v) is 20.4. The minimum Gasteiger partial charge on any atom is -0.493 e. The zero-order valence-electron chi connectivity index (χ0n) is 20.4. The van der Waals surface area contributed by atoms with Crippen LogP contribution in [0.15, 0.2) is 30.6 Å². The standard InChI is InChI=1S/C28H39N3O2/c1-18-5-4-6-21(8-7-18)20(3)26(32)15-22-11-12-33-27-10-9-23(14-24(27)13-19(22)2)25-16-30-28(29)31-17-25/h9-10,14,16-22H,4-8,11-13,15H2,1-3H3,(H2,29,30,31). The van der Waals surface area contributed by atoms with Gasteiger partial charge in [0, 0.05) is 30.3 Å². The molecule has 5 unspecified atom stereocenters. The number of benzene rings is 1. The Balaban J connectivity index is 1.43. The smallest absolute Gasteiger partial charge is 0.219 e. The van der Waals surface area contributed by atoms with E-state index in [2.05, 4.69) is 42.9 Å². The third kappa shape index (κ3) is 5.93. The highest BCUT2D eigenvalue weighted by molar-refractivity contribution is 5.81. The number of carbonyl (C=O) groups is 1. The number of ketones is 1. The van der Waals surface area contributed by atoms with E-state index in [-0.39, 0.29) is 11.9 Å². The average molecular weight is 450 g/mol. The largest absolute Gasteiger partial charge is 0.493 e. The van der Waals surface area contributed by atoms with Crippen molar-refractivity contribution in [1.82, 2.24) is 9.97 Å². The van der Waals surface area contributed by atoms with Crippen LogP contribution in [-0.4, -0.2) is 22.4 Å². The van der Waals surface area contributed by atoms with Gasteiger partial charge >= 0.3 is 0 Å².